The van der Waals surface area contributed by atoms with E-state index in [1.165, 1.54) is 6.26 Å². The molecule has 0 saturated carbocycles. The van der Waals surface area contributed by atoms with Crippen LogP contribution in [0.3, 0.4) is 0 Å². The molecule has 7 heteroatoms. The third kappa shape index (κ3) is 4.08. The molecule has 0 fully saturated rings. The number of nitrogens with two attached hydrogens (primary N) is 1. The normalized spacial score (nSPS) is 12.3. The Morgan fingerprint density at radius 2 is 2.21 bits per heavy atom. The van der Waals surface area contributed by atoms with E-state index in [0.717, 1.165) is 0 Å². The lowest BCUT2D eigenvalue weighted by molar-refractivity contribution is -0.124. The van der Waals surface area contributed by atoms with E-state index in [0.29, 0.717) is 24.4 Å². The third-order valence-electron chi connectivity index (χ3n) is 2.81. The molecule has 106 valence electrons. The Morgan fingerprint density at radius 3 is 2.79 bits per heavy atom. The molecule has 0 spiro atoms. The molecule has 7 nitrogen and oxygen atoms in total. The SMILES string of the molecule is CNC(=O)C(C)CN(C)Cc1occc1C(=O)NN. The summed E-state index contributed by atoms with van der Waals surface area (Å²) in [5.74, 6) is 5.06. The van der Waals surface area contributed by atoms with E-state index in [9.17, 15) is 9.59 Å². The van der Waals surface area contributed by atoms with Gasteiger partial charge in [0.25, 0.3) is 5.91 Å². The quantitative estimate of drug-likeness (QED) is 0.373. The van der Waals surface area contributed by atoms with Gasteiger partial charge >= 0.3 is 0 Å². The highest BCUT2D eigenvalue weighted by molar-refractivity contribution is 5.94. The lowest BCUT2D eigenvalue weighted by Gasteiger charge is -2.19. The first-order chi connectivity index (χ1) is 8.99. The Kier molecular flexibility index (Phi) is 5.53. The Hall–Kier alpha value is -1.86. The molecule has 1 aromatic rings. The molecule has 0 aromatic carbocycles. The Labute approximate surface area is 112 Å². The van der Waals surface area contributed by atoms with E-state index >= 15 is 0 Å². The largest absolute Gasteiger partial charge is 0.467 e. The van der Waals surface area contributed by atoms with Crippen molar-refractivity contribution >= 4 is 11.8 Å². The Morgan fingerprint density at radius 1 is 1.53 bits per heavy atom. The number of hydrogen-bond acceptors (Lipinski definition) is 5. The van der Waals surface area contributed by atoms with E-state index in [1.807, 2.05) is 18.9 Å². The number of rotatable bonds is 6. The molecule has 4 N–H and O–H groups in total. The van der Waals surface area contributed by atoms with Crippen LogP contribution in [-0.4, -0.2) is 37.4 Å². The summed E-state index contributed by atoms with van der Waals surface area (Å²) in [4.78, 5) is 24.8. The molecule has 1 unspecified atom stereocenters. The van der Waals surface area contributed by atoms with Gasteiger partial charge in [-0.3, -0.25) is 19.9 Å². The molecule has 1 rings (SSSR count). The predicted molar refractivity (Wildman–Crippen MR) is 69.9 cm³/mol. The average molecular weight is 268 g/mol. The summed E-state index contributed by atoms with van der Waals surface area (Å²) in [6, 6.07) is 1.56. The van der Waals surface area contributed by atoms with Crippen molar-refractivity contribution in [2.24, 2.45) is 11.8 Å². The number of hydrogen-bond donors (Lipinski definition) is 3. The number of nitrogen functional groups attached to an aromatic ring is 1. The number of carbonyl (C=O) groups excluding carboxylic acids is 2. The standard InChI is InChI=1S/C12H20N4O3/c1-8(11(17)14-2)6-16(3)7-10-9(4-5-19-10)12(18)15-13/h4-5,8H,6-7,13H2,1-3H3,(H,14,17)(H,15,18). The predicted octanol–water partition coefficient (Wildman–Crippen LogP) is -0.303. The summed E-state index contributed by atoms with van der Waals surface area (Å²) < 4.78 is 5.27. The van der Waals surface area contributed by atoms with Gasteiger partial charge < -0.3 is 9.73 Å². The molecule has 0 saturated heterocycles. The summed E-state index contributed by atoms with van der Waals surface area (Å²) >= 11 is 0. The lowest BCUT2D eigenvalue weighted by Crippen LogP contribution is -2.35. The van der Waals surface area contributed by atoms with E-state index in [1.54, 1.807) is 13.1 Å². The summed E-state index contributed by atoms with van der Waals surface area (Å²) in [7, 11) is 3.46. The highest BCUT2D eigenvalue weighted by Gasteiger charge is 2.18. The van der Waals surface area contributed by atoms with Gasteiger partial charge in [0.15, 0.2) is 0 Å². The van der Waals surface area contributed by atoms with Crippen LogP contribution in [-0.2, 0) is 11.3 Å². The summed E-state index contributed by atoms with van der Waals surface area (Å²) in [6.07, 6.45) is 1.44. The van der Waals surface area contributed by atoms with Crippen molar-refractivity contribution in [1.82, 2.24) is 15.6 Å². The third-order valence-corrected chi connectivity index (χ3v) is 2.81. The average Bonchev–Trinajstić information content (AvgIpc) is 2.84. The maximum Gasteiger partial charge on any atom is 0.268 e. The molecular weight excluding hydrogens is 248 g/mol. The minimum absolute atomic E-state index is 0.0220. The van der Waals surface area contributed by atoms with Crippen molar-refractivity contribution in [3.8, 4) is 0 Å². The van der Waals surface area contributed by atoms with E-state index in [-0.39, 0.29) is 11.8 Å². The first kappa shape index (κ1) is 15.2. The van der Waals surface area contributed by atoms with Crippen LogP contribution in [0.25, 0.3) is 0 Å². The number of nitrogens with zero attached hydrogens (tertiary/aromatic N) is 1. The molecular formula is C12H20N4O3. The number of amides is 2. The van der Waals surface area contributed by atoms with Crippen molar-refractivity contribution in [2.45, 2.75) is 13.5 Å². The smallest absolute Gasteiger partial charge is 0.268 e. The molecule has 0 radical (unpaired) electrons. The molecule has 0 aliphatic heterocycles. The van der Waals surface area contributed by atoms with Crippen LogP contribution in [0.4, 0.5) is 0 Å². The minimum atomic E-state index is -0.392. The molecule has 0 aliphatic rings. The molecule has 0 bridgehead atoms. The van der Waals surface area contributed by atoms with Crippen molar-refractivity contribution in [3.05, 3.63) is 23.7 Å². The second-order valence-electron chi connectivity index (χ2n) is 4.44. The van der Waals surface area contributed by atoms with Crippen molar-refractivity contribution in [1.29, 1.82) is 0 Å². The van der Waals surface area contributed by atoms with Crippen LogP contribution < -0.4 is 16.6 Å². The van der Waals surface area contributed by atoms with Gasteiger partial charge in [-0.05, 0) is 13.1 Å². The first-order valence-electron chi connectivity index (χ1n) is 5.97. The molecule has 1 aromatic heterocycles. The van der Waals surface area contributed by atoms with Crippen LogP contribution in [0.5, 0.6) is 0 Å². The van der Waals surface area contributed by atoms with Gasteiger partial charge in [-0.25, -0.2) is 5.84 Å². The first-order valence-corrected chi connectivity index (χ1v) is 5.97. The van der Waals surface area contributed by atoms with Crippen LogP contribution in [0.1, 0.15) is 23.0 Å². The van der Waals surface area contributed by atoms with E-state index in [2.05, 4.69) is 10.7 Å². The van der Waals surface area contributed by atoms with Crippen LogP contribution in [0.15, 0.2) is 16.7 Å². The Bertz CT molecular complexity index is 444. The fraction of sp³-hybridized carbons (Fsp3) is 0.500. The highest BCUT2D eigenvalue weighted by Crippen LogP contribution is 2.13. The van der Waals surface area contributed by atoms with Crippen LogP contribution in [0, 0.1) is 5.92 Å². The number of hydrazine groups is 1. The monoisotopic (exact) mass is 268 g/mol. The second-order valence-corrected chi connectivity index (χ2v) is 4.44. The zero-order valence-corrected chi connectivity index (χ0v) is 11.4. The fourth-order valence-electron chi connectivity index (χ4n) is 1.85. The van der Waals surface area contributed by atoms with Gasteiger partial charge in [-0.1, -0.05) is 6.92 Å². The zero-order chi connectivity index (χ0) is 14.4. The van der Waals surface area contributed by atoms with Crippen molar-refractivity contribution in [3.63, 3.8) is 0 Å². The summed E-state index contributed by atoms with van der Waals surface area (Å²) in [5.41, 5.74) is 2.47. The van der Waals surface area contributed by atoms with Crippen molar-refractivity contribution < 1.29 is 14.0 Å². The zero-order valence-electron chi connectivity index (χ0n) is 11.4. The van der Waals surface area contributed by atoms with Crippen molar-refractivity contribution in [2.75, 3.05) is 20.6 Å². The van der Waals surface area contributed by atoms with E-state index in [4.69, 9.17) is 10.3 Å². The molecule has 1 heterocycles. The van der Waals surface area contributed by atoms with E-state index < -0.39 is 5.91 Å². The number of carbonyl (C=O) groups is 2. The number of furan rings is 1. The van der Waals surface area contributed by atoms with Gasteiger partial charge in [0.05, 0.1) is 18.4 Å². The topological polar surface area (TPSA) is 101 Å². The number of nitrogens with one attached hydrogen (secondary N) is 2. The maximum atomic E-state index is 11.5. The van der Waals surface area contributed by atoms with Gasteiger partial charge in [0.2, 0.25) is 5.91 Å². The molecule has 0 aliphatic carbocycles. The Balaban J connectivity index is 2.62. The molecule has 1 atom stereocenters. The maximum absolute atomic E-state index is 11.5. The van der Waals surface area contributed by atoms with Gasteiger partial charge in [0.1, 0.15) is 5.76 Å². The fourth-order valence-corrected chi connectivity index (χ4v) is 1.85. The van der Waals surface area contributed by atoms with Gasteiger partial charge in [-0.15, -0.1) is 0 Å². The van der Waals surface area contributed by atoms with Crippen LogP contribution >= 0.6 is 0 Å². The molecule has 19 heavy (non-hydrogen) atoms. The highest BCUT2D eigenvalue weighted by atomic mass is 16.3. The summed E-state index contributed by atoms with van der Waals surface area (Å²) in [5, 5.41) is 2.60. The summed E-state index contributed by atoms with van der Waals surface area (Å²) in [6.45, 7) is 2.83. The van der Waals surface area contributed by atoms with Crippen LogP contribution in [0.2, 0.25) is 0 Å². The minimum Gasteiger partial charge on any atom is -0.467 e. The second kappa shape index (κ2) is 6.91. The van der Waals surface area contributed by atoms with Gasteiger partial charge in [0, 0.05) is 19.5 Å². The lowest BCUT2D eigenvalue weighted by atomic mass is 10.1. The van der Waals surface area contributed by atoms with Gasteiger partial charge in [-0.2, -0.15) is 0 Å². The molecule has 2 amide bonds.